The van der Waals surface area contributed by atoms with Gasteiger partial charge in [0.1, 0.15) is 18.2 Å². The Hall–Kier alpha value is -3.56. The number of nitriles is 1. The molecule has 0 aliphatic heterocycles. The lowest BCUT2D eigenvalue weighted by Crippen LogP contribution is -2.14. The number of nitrogens with one attached hydrogen (secondary N) is 1. The second-order valence-corrected chi connectivity index (χ2v) is 9.04. The average Bonchev–Trinajstić information content (AvgIpc) is 2.78. The number of anilines is 1. The van der Waals surface area contributed by atoms with E-state index in [1.54, 1.807) is 19.2 Å². The number of hydrogen-bond acceptors (Lipinski definition) is 4. The number of benzene rings is 3. The quantitative estimate of drug-likeness (QED) is 0.275. The van der Waals surface area contributed by atoms with Gasteiger partial charge in [-0.3, -0.25) is 4.79 Å². The molecule has 3 rings (SSSR count). The summed E-state index contributed by atoms with van der Waals surface area (Å²) in [5.41, 5.74) is 6.73. The summed E-state index contributed by atoms with van der Waals surface area (Å²) >= 11 is 3.54. The summed E-state index contributed by atoms with van der Waals surface area (Å²) in [7, 11) is 1.55. The first-order valence-electron chi connectivity index (χ1n) is 10.8. The highest BCUT2D eigenvalue weighted by Gasteiger charge is 2.15. The lowest BCUT2D eigenvalue weighted by atomic mass is 10.1. The Labute approximate surface area is 209 Å². The second-order valence-electron chi connectivity index (χ2n) is 8.19. The van der Waals surface area contributed by atoms with E-state index in [0.717, 1.165) is 16.7 Å². The number of amides is 1. The van der Waals surface area contributed by atoms with Gasteiger partial charge in [0.2, 0.25) is 0 Å². The van der Waals surface area contributed by atoms with Gasteiger partial charge in [0, 0.05) is 5.69 Å². The molecule has 0 spiro atoms. The minimum absolute atomic E-state index is 0.0150. The number of ether oxygens (including phenoxy) is 2. The number of rotatable bonds is 7. The zero-order valence-corrected chi connectivity index (χ0v) is 21.5. The van der Waals surface area contributed by atoms with Crippen LogP contribution < -0.4 is 14.8 Å². The van der Waals surface area contributed by atoms with E-state index in [9.17, 15) is 10.1 Å². The van der Waals surface area contributed by atoms with Crippen molar-refractivity contribution in [2.24, 2.45) is 0 Å². The van der Waals surface area contributed by atoms with Gasteiger partial charge in [0.05, 0.1) is 11.6 Å². The van der Waals surface area contributed by atoms with Crippen molar-refractivity contribution in [2.75, 3.05) is 12.4 Å². The van der Waals surface area contributed by atoms with Gasteiger partial charge < -0.3 is 14.8 Å². The van der Waals surface area contributed by atoms with E-state index >= 15 is 0 Å². The van der Waals surface area contributed by atoms with Crippen LogP contribution in [0.4, 0.5) is 5.69 Å². The van der Waals surface area contributed by atoms with Crippen molar-refractivity contribution in [1.29, 1.82) is 5.26 Å². The van der Waals surface area contributed by atoms with Crippen molar-refractivity contribution in [3.8, 4) is 17.6 Å². The molecule has 6 heteroatoms. The molecule has 1 amide bonds. The normalized spacial score (nSPS) is 11.0. The average molecular weight is 519 g/mol. The minimum atomic E-state index is -0.471. The van der Waals surface area contributed by atoms with Crippen LogP contribution in [0.5, 0.6) is 11.5 Å². The Morgan fingerprint density at radius 1 is 1.09 bits per heavy atom. The molecule has 0 saturated carbocycles. The van der Waals surface area contributed by atoms with Crippen molar-refractivity contribution in [3.05, 3.63) is 92.0 Å². The fourth-order valence-electron chi connectivity index (χ4n) is 3.66. The van der Waals surface area contributed by atoms with E-state index in [2.05, 4.69) is 53.3 Å². The maximum absolute atomic E-state index is 12.8. The molecule has 34 heavy (non-hydrogen) atoms. The Bertz CT molecular complexity index is 1290. The predicted molar refractivity (Wildman–Crippen MR) is 139 cm³/mol. The topological polar surface area (TPSA) is 71.3 Å². The van der Waals surface area contributed by atoms with Gasteiger partial charge >= 0.3 is 0 Å². The van der Waals surface area contributed by atoms with Crippen LogP contribution >= 0.6 is 15.9 Å². The molecule has 0 unspecified atom stereocenters. The number of carbonyl (C=O) groups is 1. The van der Waals surface area contributed by atoms with Crippen LogP contribution in [-0.2, 0) is 11.4 Å². The van der Waals surface area contributed by atoms with Crippen molar-refractivity contribution in [1.82, 2.24) is 0 Å². The molecular weight excluding hydrogens is 492 g/mol. The Morgan fingerprint density at radius 2 is 1.79 bits per heavy atom. The lowest BCUT2D eigenvalue weighted by molar-refractivity contribution is -0.112. The first-order valence-corrected chi connectivity index (χ1v) is 11.6. The predicted octanol–water partition coefficient (Wildman–Crippen LogP) is 6.82. The van der Waals surface area contributed by atoms with Gasteiger partial charge in [0.25, 0.3) is 5.91 Å². The number of hydrogen-bond donors (Lipinski definition) is 1. The third kappa shape index (κ3) is 6.06. The molecule has 0 aliphatic carbocycles. The van der Waals surface area contributed by atoms with Crippen molar-refractivity contribution < 1.29 is 14.3 Å². The summed E-state index contributed by atoms with van der Waals surface area (Å²) in [4.78, 5) is 12.8. The Kier molecular flexibility index (Phi) is 8.14. The third-order valence-corrected chi connectivity index (χ3v) is 6.03. The highest BCUT2D eigenvalue weighted by atomic mass is 79.9. The van der Waals surface area contributed by atoms with Crippen molar-refractivity contribution >= 4 is 33.6 Å². The zero-order valence-electron chi connectivity index (χ0n) is 20.0. The molecular formula is C28H27BrN2O3. The van der Waals surface area contributed by atoms with Crippen LogP contribution in [0.1, 0.15) is 33.4 Å². The van der Waals surface area contributed by atoms with Crippen molar-refractivity contribution in [3.63, 3.8) is 0 Å². The maximum Gasteiger partial charge on any atom is 0.266 e. The molecule has 0 saturated heterocycles. The van der Waals surface area contributed by atoms with E-state index < -0.39 is 5.91 Å². The highest BCUT2D eigenvalue weighted by Crippen LogP contribution is 2.38. The number of halogens is 1. The minimum Gasteiger partial charge on any atom is -0.493 e. The first kappa shape index (κ1) is 25.1. The number of nitrogens with zero attached hydrogens (tertiary/aromatic N) is 1. The monoisotopic (exact) mass is 518 g/mol. The molecule has 0 bridgehead atoms. The molecule has 174 valence electrons. The van der Waals surface area contributed by atoms with Crippen LogP contribution in [0.25, 0.3) is 6.08 Å². The summed E-state index contributed by atoms with van der Waals surface area (Å²) in [6.45, 7) is 8.39. The summed E-state index contributed by atoms with van der Waals surface area (Å²) in [5, 5.41) is 12.4. The van der Waals surface area contributed by atoms with E-state index in [1.807, 2.05) is 38.1 Å². The van der Waals surface area contributed by atoms with E-state index in [4.69, 9.17) is 9.47 Å². The third-order valence-electron chi connectivity index (χ3n) is 5.45. The molecule has 1 N–H and O–H groups in total. The zero-order chi connectivity index (χ0) is 24.8. The SMILES string of the molecule is COc1cc(/C=C(\C#N)C(=O)Nc2cccc(C)c2C)cc(Br)c1OCc1cc(C)cc(C)c1. The van der Waals surface area contributed by atoms with Crippen LogP contribution in [0.15, 0.2) is 58.6 Å². The van der Waals surface area contributed by atoms with Gasteiger partial charge in [-0.2, -0.15) is 5.26 Å². The number of methoxy groups -OCH3 is 1. The molecule has 3 aromatic carbocycles. The largest absolute Gasteiger partial charge is 0.493 e. The van der Waals surface area contributed by atoms with E-state index in [0.29, 0.717) is 33.8 Å². The standard InChI is InChI=1S/C28H27BrN2O3/c1-17-9-18(2)11-22(10-17)16-34-27-24(29)13-21(14-26(27)33-5)12-23(15-30)28(32)31-25-8-6-7-19(3)20(25)4/h6-14H,16H2,1-5H3,(H,31,32)/b23-12+. The summed E-state index contributed by atoms with van der Waals surface area (Å²) in [6.07, 6.45) is 1.53. The van der Waals surface area contributed by atoms with Gasteiger partial charge in [0.15, 0.2) is 11.5 Å². The van der Waals surface area contributed by atoms with Crippen molar-refractivity contribution in [2.45, 2.75) is 34.3 Å². The van der Waals surface area contributed by atoms with Gasteiger partial charge in [-0.25, -0.2) is 0 Å². The van der Waals surface area contributed by atoms with Crippen LogP contribution in [0.2, 0.25) is 0 Å². The smallest absolute Gasteiger partial charge is 0.266 e. The fourth-order valence-corrected chi connectivity index (χ4v) is 4.24. The summed E-state index contributed by atoms with van der Waals surface area (Å²) in [6, 6.07) is 17.5. The molecule has 0 aromatic heterocycles. The van der Waals surface area contributed by atoms with Crippen LogP contribution in [0, 0.1) is 39.0 Å². The molecule has 0 aliphatic rings. The summed E-state index contributed by atoms with van der Waals surface area (Å²) in [5.74, 6) is 0.579. The fraction of sp³-hybridized carbons (Fsp3) is 0.214. The molecule has 0 heterocycles. The molecule has 3 aromatic rings. The van der Waals surface area contributed by atoms with E-state index in [-0.39, 0.29) is 5.57 Å². The Balaban J connectivity index is 1.84. The first-order chi connectivity index (χ1) is 16.2. The molecule has 5 nitrogen and oxygen atoms in total. The number of carbonyl (C=O) groups excluding carboxylic acids is 1. The van der Waals surface area contributed by atoms with Gasteiger partial charge in [-0.05, 0) is 90.2 Å². The molecule has 0 atom stereocenters. The lowest BCUT2D eigenvalue weighted by Gasteiger charge is -2.14. The summed E-state index contributed by atoms with van der Waals surface area (Å²) < 4.78 is 12.3. The maximum atomic E-state index is 12.8. The highest BCUT2D eigenvalue weighted by molar-refractivity contribution is 9.10. The second kappa shape index (κ2) is 11.0. The van der Waals surface area contributed by atoms with E-state index in [1.165, 1.54) is 17.2 Å². The van der Waals surface area contributed by atoms with Crippen LogP contribution in [-0.4, -0.2) is 13.0 Å². The molecule has 0 fully saturated rings. The number of aryl methyl sites for hydroxylation is 3. The van der Waals surface area contributed by atoms with Crippen LogP contribution in [0.3, 0.4) is 0 Å². The molecule has 0 radical (unpaired) electrons. The van der Waals surface area contributed by atoms with Gasteiger partial charge in [-0.15, -0.1) is 0 Å². The Morgan fingerprint density at radius 3 is 2.44 bits per heavy atom. The van der Waals surface area contributed by atoms with Gasteiger partial charge in [-0.1, -0.05) is 41.5 Å².